The van der Waals surface area contributed by atoms with E-state index in [9.17, 15) is 4.39 Å². The van der Waals surface area contributed by atoms with Gasteiger partial charge < -0.3 is 50.4 Å². The molecule has 7 aromatic heterocycles. The summed E-state index contributed by atoms with van der Waals surface area (Å²) in [5.74, 6) is 11.6. The molecule has 22 nitrogen and oxygen atoms in total. The summed E-state index contributed by atoms with van der Waals surface area (Å²) >= 11 is 25.2. The van der Waals surface area contributed by atoms with Gasteiger partial charge in [-0.3, -0.25) is 0 Å². The first kappa shape index (κ1) is 79.0. The Balaban J connectivity index is 0.000000147. The number of ether oxygens (including phenoxy) is 4. The molecule has 0 fully saturated rings. The Bertz CT molecular complexity index is 5120. The SMILES string of the molecule is COc1cc(N(C)c2nc(C)ncc2C)ccc1Cl.COc1cc(Nc2nc(C)ncc2C)ccc1Cl.Cc1ncc(C)c(Nc2ccc(Cl)c(F)c2)n1.Cc1ncc(C)c(Nc2ccc(Cl)cc2)n1.Cc1ncc(C)c(Nc2ccc3c(c2)OCO3)n1.Cc1ncc(C)c(Nc2ccc3sccc3c2)n1. The van der Waals surface area contributed by atoms with Crippen LogP contribution in [0.15, 0.2) is 164 Å². The molecule has 28 heteroatoms. The van der Waals surface area contributed by atoms with Gasteiger partial charge in [-0.25, -0.2) is 64.2 Å². The summed E-state index contributed by atoms with van der Waals surface area (Å²) in [7, 11) is 5.15. The molecular formula is C78H79Cl4FN18O4S. The van der Waals surface area contributed by atoms with E-state index in [2.05, 4.69) is 116 Å². The lowest BCUT2D eigenvalue weighted by molar-refractivity contribution is 0.174. The first-order valence-corrected chi connectivity index (χ1v) is 35.3. The highest BCUT2D eigenvalue weighted by Gasteiger charge is 2.16. The quantitative estimate of drug-likeness (QED) is 0.0678. The smallest absolute Gasteiger partial charge is 0.231 e. The molecule has 0 saturated heterocycles. The lowest BCUT2D eigenvalue weighted by atomic mass is 10.2. The molecule has 0 radical (unpaired) electrons. The molecule has 0 aliphatic carbocycles. The number of aromatic nitrogens is 12. The second kappa shape index (κ2) is 37.5. The molecule has 0 amide bonds. The van der Waals surface area contributed by atoms with Gasteiger partial charge in [-0.1, -0.05) is 46.4 Å². The molecule has 5 N–H and O–H groups in total. The first-order chi connectivity index (χ1) is 50.8. The molecule has 13 aromatic rings. The van der Waals surface area contributed by atoms with Crippen molar-refractivity contribution in [3.8, 4) is 23.0 Å². The number of benzene rings is 6. The van der Waals surface area contributed by atoms with E-state index in [1.165, 1.54) is 22.2 Å². The van der Waals surface area contributed by atoms with Crippen LogP contribution >= 0.6 is 57.7 Å². The zero-order valence-electron chi connectivity index (χ0n) is 61.0. The van der Waals surface area contributed by atoms with Crippen molar-refractivity contribution in [3.63, 3.8) is 0 Å². The predicted octanol–water partition coefficient (Wildman–Crippen LogP) is 20.8. The number of hydrogen-bond acceptors (Lipinski definition) is 23. The van der Waals surface area contributed by atoms with Gasteiger partial charge in [0.2, 0.25) is 6.79 Å². The minimum absolute atomic E-state index is 0.103. The summed E-state index contributed by atoms with van der Waals surface area (Å²) < 4.78 is 35.6. The van der Waals surface area contributed by atoms with Gasteiger partial charge in [-0.2, -0.15) is 0 Å². The largest absolute Gasteiger partial charge is 0.495 e. The Morgan fingerprint density at radius 2 is 0.774 bits per heavy atom. The number of nitrogens with one attached hydrogen (secondary N) is 5. The Labute approximate surface area is 639 Å². The highest BCUT2D eigenvalue weighted by molar-refractivity contribution is 7.17. The van der Waals surface area contributed by atoms with Crippen LogP contribution in [0.5, 0.6) is 23.0 Å². The van der Waals surface area contributed by atoms with E-state index in [1.54, 1.807) is 69.4 Å². The summed E-state index contributed by atoms with van der Waals surface area (Å²) in [6, 6.07) is 37.4. The topological polar surface area (TPSA) is 255 Å². The van der Waals surface area contributed by atoms with E-state index in [0.29, 0.717) is 38.9 Å². The van der Waals surface area contributed by atoms with Crippen molar-refractivity contribution in [2.24, 2.45) is 0 Å². The van der Waals surface area contributed by atoms with Crippen molar-refractivity contribution in [2.45, 2.75) is 83.1 Å². The van der Waals surface area contributed by atoms with Crippen LogP contribution in [0.2, 0.25) is 20.1 Å². The van der Waals surface area contributed by atoms with Crippen LogP contribution in [-0.4, -0.2) is 87.9 Å². The number of nitrogens with zero attached hydrogens (tertiary/aromatic N) is 13. The molecular weight excluding hydrogens is 1450 g/mol. The van der Waals surface area contributed by atoms with Gasteiger partial charge in [0.1, 0.15) is 87.2 Å². The summed E-state index contributed by atoms with van der Waals surface area (Å²) in [5.41, 5.74) is 11.3. The molecule has 1 aliphatic heterocycles. The van der Waals surface area contributed by atoms with Crippen molar-refractivity contribution in [1.82, 2.24) is 59.8 Å². The number of anilines is 12. The summed E-state index contributed by atoms with van der Waals surface area (Å²) in [4.78, 5) is 53.0. The molecule has 0 saturated carbocycles. The van der Waals surface area contributed by atoms with E-state index < -0.39 is 5.82 Å². The van der Waals surface area contributed by atoms with E-state index in [1.807, 2.05) is 173 Å². The Hall–Kier alpha value is -11.2. The van der Waals surface area contributed by atoms with Crippen LogP contribution < -0.4 is 50.4 Å². The molecule has 8 heterocycles. The average molecular weight is 1530 g/mol. The first-order valence-electron chi connectivity index (χ1n) is 32.9. The summed E-state index contributed by atoms with van der Waals surface area (Å²) in [5, 5.41) is 21.5. The Morgan fingerprint density at radius 1 is 0.396 bits per heavy atom. The molecule has 0 spiro atoms. The van der Waals surface area contributed by atoms with E-state index >= 15 is 0 Å². The fourth-order valence-corrected chi connectivity index (χ4v) is 11.1. The molecule has 1 aliphatic rings. The lowest BCUT2D eigenvalue weighted by Gasteiger charge is -2.21. The van der Waals surface area contributed by atoms with Gasteiger partial charge in [0.05, 0.1) is 29.3 Å². The maximum atomic E-state index is 13.3. The van der Waals surface area contributed by atoms with Crippen LogP contribution in [0, 0.1) is 88.9 Å². The minimum atomic E-state index is -0.458. The van der Waals surface area contributed by atoms with Crippen LogP contribution in [0.25, 0.3) is 10.1 Å². The number of methoxy groups -OCH3 is 2. The van der Waals surface area contributed by atoms with Gasteiger partial charge in [0, 0.05) is 140 Å². The van der Waals surface area contributed by atoms with Crippen LogP contribution in [-0.2, 0) is 0 Å². The highest BCUT2D eigenvalue weighted by atomic mass is 35.5. The average Bonchev–Trinajstić information content (AvgIpc) is 1.06. The standard InChI is InChI=1S/C14H16ClN3O.C14H13N3S.C13H14ClN3O.C13H13N3O2.C12H11ClFN3.C12H12ClN3/c1-9-8-16-10(2)17-14(9)18(3)11-5-6-12(15)13(7-11)19-4;1-9-8-15-10(2)16-14(9)17-12-3-4-13-11(7-12)5-6-18-13;1-8-7-15-9(2)16-13(8)17-10-4-5-11(14)12(6-10)18-3;1-8-6-14-9(2)15-13(8)16-10-3-4-11-12(5-10)18-7-17-11;1-7-6-15-8(2)16-12(7)17-9-3-4-10(13)11(14)5-9;1-8-7-14-9(2)15-12(8)16-11-5-3-10(13)4-6-11/h5-8H,1-4H3;3-8H,1-2H3,(H,15,16,17);4-7H,1-3H3,(H,15,16,17);3-6H,7H2,1-2H3,(H,14,15,16);3-6H,1-2H3,(H,15,16,17);3-7H,1-2H3,(H,14,15,16). The minimum Gasteiger partial charge on any atom is -0.495 e. The normalized spacial score (nSPS) is 10.8. The summed E-state index contributed by atoms with van der Waals surface area (Å²) in [6.45, 7) is 23.2. The lowest BCUT2D eigenvalue weighted by Crippen LogP contribution is -2.13. The second-order valence-corrected chi connectivity index (χ2v) is 26.5. The maximum Gasteiger partial charge on any atom is 0.231 e. The van der Waals surface area contributed by atoms with Crippen molar-refractivity contribution >= 4 is 137 Å². The van der Waals surface area contributed by atoms with E-state index in [-0.39, 0.29) is 11.8 Å². The third kappa shape index (κ3) is 22.7. The summed E-state index contributed by atoms with van der Waals surface area (Å²) in [6.07, 6.45) is 10.8. The fraction of sp³-hybridized carbons (Fsp3) is 0.205. The third-order valence-corrected chi connectivity index (χ3v) is 17.5. The molecule has 14 rings (SSSR count). The molecule has 546 valence electrons. The predicted molar refractivity (Wildman–Crippen MR) is 427 cm³/mol. The van der Waals surface area contributed by atoms with Crippen LogP contribution in [0.1, 0.15) is 68.3 Å². The second-order valence-electron chi connectivity index (χ2n) is 23.9. The van der Waals surface area contributed by atoms with Crippen molar-refractivity contribution < 1.29 is 23.3 Å². The maximum absolute atomic E-state index is 13.3. The van der Waals surface area contributed by atoms with Crippen molar-refractivity contribution in [1.29, 1.82) is 0 Å². The molecule has 6 aromatic carbocycles. The van der Waals surface area contributed by atoms with Crippen molar-refractivity contribution in [3.05, 3.63) is 258 Å². The van der Waals surface area contributed by atoms with E-state index in [4.69, 9.17) is 65.4 Å². The number of hydrogen-bond donors (Lipinski definition) is 5. The van der Waals surface area contributed by atoms with Gasteiger partial charge in [-0.05, 0) is 197 Å². The zero-order chi connectivity index (χ0) is 76.1. The number of fused-ring (bicyclic) bond motifs is 2. The Kier molecular flexibility index (Phi) is 28.0. The Morgan fingerprint density at radius 3 is 1.25 bits per heavy atom. The molecule has 0 unspecified atom stereocenters. The van der Waals surface area contributed by atoms with Gasteiger partial charge in [0.25, 0.3) is 0 Å². The van der Waals surface area contributed by atoms with Crippen LogP contribution in [0.3, 0.4) is 0 Å². The van der Waals surface area contributed by atoms with Gasteiger partial charge in [-0.15, -0.1) is 11.3 Å². The third-order valence-electron chi connectivity index (χ3n) is 15.4. The van der Waals surface area contributed by atoms with Gasteiger partial charge >= 0.3 is 0 Å². The molecule has 0 bridgehead atoms. The van der Waals surface area contributed by atoms with E-state index in [0.717, 1.165) is 137 Å². The molecule has 106 heavy (non-hydrogen) atoms. The number of thiophene rings is 1. The zero-order valence-corrected chi connectivity index (χ0v) is 64.9. The van der Waals surface area contributed by atoms with Crippen LogP contribution in [0.4, 0.5) is 73.4 Å². The number of halogens is 5. The monoisotopic (exact) mass is 1520 g/mol. The van der Waals surface area contributed by atoms with Gasteiger partial charge in [0.15, 0.2) is 11.5 Å². The fourth-order valence-electron chi connectivity index (χ4n) is 9.67. The highest BCUT2D eigenvalue weighted by Crippen LogP contribution is 2.37. The molecule has 0 atom stereocenters. The number of aryl methyl sites for hydroxylation is 12. The van der Waals surface area contributed by atoms with Crippen molar-refractivity contribution in [2.75, 3.05) is 59.5 Å². The number of rotatable bonds is 14.